The molecule has 98 valence electrons. The van der Waals surface area contributed by atoms with Gasteiger partial charge in [-0.1, -0.05) is 28.1 Å². The van der Waals surface area contributed by atoms with Gasteiger partial charge in [0.2, 0.25) is 0 Å². The fourth-order valence-corrected chi connectivity index (χ4v) is 2.77. The molecule has 0 aliphatic carbocycles. The number of phenols is 1. The highest BCUT2D eigenvalue weighted by molar-refractivity contribution is 9.11. The molecule has 0 unspecified atom stereocenters. The molecule has 2 aromatic carbocycles. The van der Waals surface area contributed by atoms with Gasteiger partial charge in [0.1, 0.15) is 5.75 Å². The number of para-hydroxylation sites is 1. The first kappa shape index (κ1) is 14.1. The van der Waals surface area contributed by atoms with Crippen LogP contribution in [0.15, 0.2) is 45.3 Å². The molecule has 19 heavy (non-hydrogen) atoms. The largest absolute Gasteiger partial charge is 0.507 e. The molecule has 1 amide bonds. The van der Waals surface area contributed by atoms with Gasteiger partial charge in [-0.2, -0.15) is 0 Å². The number of hydrogen-bond acceptors (Lipinski definition) is 2. The van der Waals surface area contributed by atoms with Crippen molar-refractivity contribution in [2.75, 3.05) is 5.32 Å². The number of amides is 1. The molecular weight excluding hydrogens is 374 g/mol. The lowest BCUT2D eigenvalue weighted by Crippen LogP contribution is -2.12. The zero-order valence-corrected chi connectivity index (χ0v) is 13.2. The molecule has 0 radical (unpaired) electrons. The number of anilines is 1. The van der Waals surface area contributed by atoms with E-state index in [0.29, 0.717) is 11.3 Å². The number of carbonyl (C=O) groups is 1. The minimum atomic E-state index is -0.343. The van der Waals surface area contributed by atoms with Crippen LogP contribution in [0.1, 0.15) is 15.9 Å². The Morgan fingerprint density at radius 2 is 1.95 bits per heavy atom. The molecule has 2 N–H and O–H groups in total. The summed E-state index contributed by atoms with van der Waals surface area (Å²) < 4.78 is 1.68. The van der Waals surface area contributed by atoms with E-state index in [1.54, 1.807) is 31.2 Å². The fourth-order valence-electron chi connectivity index (χ4n) is 1.62. The van der Waals surface area contributed by atoms with Crippen LogP contribution in [0, 0.1) is 6.92 Å². The number of nitrogens with one attached hydrogen (secondary N) is 1. The molecule has 0 saturated heterocycles. The molecule has 2 rings (SSSR count). The summed E-state index contributed by atoms with van der Waals surface area (Å²) >= 11 is 6.72. The Bertz CT molecular complexity index is 641. The highest BCUT2D eigenvalue weighted by Crippen LogP contribution is 2.28. The van der Waals surface area contributed by atoms with Gasteiger partial charge >= 0.3 is 0 Å². The van der Waals surface area contributed by atoms with E-state index >= 15 is 0 Å². The average Bonchev–Trinajstić information content (AvgIpc) is 2.36. The van der Waals surface area contributed by atoms with Crippen LogP contribution in [0.3, 0.4) is 0 Å². The Balaban J connectivity index is 2.28. The maximum atomic E-state index is 12.1. The monoisotopic (exact) mass is 383 g/mol. The van der Waals surface area contributed by atoms with Crippen molar-refractivity contribution in [2.45, 2.75) is 6.92 Å². The Kier molecular flexibility index (Phi) is 4.27. The van der Waals surface area contributed by atoms with E-state index in [1.165, 1.54) is 0 Å². The van der Waals surface area contributed by atoms with E-state index in [0.717, 1.165) is 8.95 Å². The maximum Gasteiger partial charge on any atom is 0.259 e. The maximum absolute atomic E-state index is 12.1. The Morgan fingerprint density at radius 1 is 1.21 bits per heavy atom. The standard InChI is InChI=1S/C14H11Br2NO2/c1-8-3-2-4-10(13(8)18)14(19)17-12-6-5-9(15)7-11(12)16/h2-7,18H,1H3,(H,17,19). The molecule has 5 heteroatoms. The van der Waals surface area contributed by atoms with Crippen LogP contribution < -0.4 is 5.32 Å². The van der Waals surface area contributed by atoms with Gasteiger partial charge in [-0.25, -0.2) is 0 Å². The third kappa shape index (κ3) is 3.16. The van der Waals surface area contributed by atoms with E-state index in [9.17, 15) is 9.90 Å². The first-order valence-corrected chi connectivity index (χ1v) is 7.12. The topological polar surface area (TPSA) is 49.3 Å². The van der Waals surface area contributed by atoms with Crippen molar-refractivity contribution in [3.63, 3.8) is 0 Å². The van der Waals surface area contributed by atoms with Crippen molar-refractivity contribution in [1.82, 2.24) is 0 Å². The normalized spacial score (nSPS) is 10.3. The van der Waals surface area contributed by atoms with Crippen molar-refractivity contribution in [3.05, 3.63) is 56.5 Å². The summed E-state index contributed by atoms with van der Waals surface area (Å²) in [5, 5.41) is 12.6. The number of hydrogen-bond donors (Lipinski definition) is 2. The SMILES string of the molecule is Cc1cccc(C(=O)Nc2ccc(Br)cc2Br)c1O. The van der Waals surface area contributed by atoms with E-state index in [-0.39, 0.29) is 17.2 Å². The third-order valence-electron chi connectivity index (χ3n) is 2.66. The number of rotatable bonds is 2. The average molecular weight is 385 g/mol. The van der Waals surface area contributed by atoms with Crippen LogP contribution in [0.25, 0.3) is 0 Å². The van der Waals surface area contributed by atoms with Crippen molar-refractivity contribution in [1.29, 1.82) is 0 Å². The van der Waals surface area contributed by atoms with Crippen molar-refractivity contribution in [2.24, 2.45) is 0 Å². The number of aromatic hydroxyl groups is 1. The minimum Gasteiger partial charge on any atom is -0.507 e. The third-order valence-corrected chi connectivity index (χ3v) is 3.81. The second-order valence-electron chi connectivity index (χ2n) is 4.05. The predicted octanol–water partition coefficient (Wildman–Crippen LogP) is 4.48. The predicted molar refractivity (Wildman–Crippen MR) is 82.6 cm³/mol. The molecule has 0 saturated carbocycles. The van der Waals surface area contributed by atoms with Gasteiger partial charge in [0, 0.05) is 8.95 Å². The molecule has 0 aliphatic heterocycles. The lowest BCUT2D eigenvalue weighted by Gasteiger charge is -2.10. The first-order chi connectivity index (χ1) is 8.99. The molecule has 0 spiro atoms. The molecule has 2 aromatic rings. The lowest BCUT2D eigenvalue weighted by atomic mass is 10.1. The van der Waals surface area contributed by atoms with Crippen LogP contribution in [0.5, 0.6) is 5.75 Å². The summed E-state index contributed by atoms with van der Waals surface area (Å²) in [5.74, 6) is -0.336. The van der Waals surface area contributed by atoms with E-state index in [4.69, 9.17) is 0 Å². The highest BCUT2D eigenvalue weighted by atomic mass is 79.9. The molecule has 0 aliphatic rings. The van der Waals surface area contributed by atoms with Crippen molar-refractivity contribution < 1.29 is 9.90 Å². The Morgan fingerprint density at radius 3 is 2.63 bits per heavy atom. The molecule has 0 bridgehead atoms. The second kappa shape index (κ2) is 5.75. The first-order valence-electron chi connectivity index (χ1n) is 5.54. The molecule has 0 heterocycles. The smallest absolute Gasteiger partial charge is 0.259 e. The number of benzene rings is 2. The van der Waals surface area contributed by atoms with Gasteiger partial charge in [-0.15, -0.1) is 0 Å². The summed E-state index contributed by atoms with van der Waals surface area (Å²) in [6, 6.07) is 10.5. The van der Waals surface area contributed by atoms with Crippen molar-refractivity contribution in [3.8, 4) is 5.75 Å². The second-order valence-corrected chi connectivity index (χ2v) is 5.82. The van der Waals surface area contributed by atoms with Crippen LogP contribution in [0.2, 0.25) is 0 Å². The van der Waals surface area contributed by atoms with Gasteiger partial charge in [-0.3, -0.25) is 4.79 Å². The molecule has 0 aromatic heterocycles. The number of phenolic OH excluding ortho intramolecular Hbond substituents is 1. The summed E-state index contributed by atoms with van der Waals surface area (Å²) in [4.78, 5) is 12.1. The molecular formula is C14H11Br2NO2. The zero-order valence-electron chi connectivity index (χ0n) is 10.1. The summed E-state index contributed by atoms with van der Waals surface area (Å²) in [6.07, 6.45) is 0. The molecule has 0 atom stereocenters. The number of carbonyl (C=O) groups excluding carboxylic acids is 1. The van der Waals surface area contributed by atoms with Crippen LogP contribution in [-0.4, -0.2) is 11.0 Å². The van der Waals surface area contributed by atoms with E-state index in [2.05, 4.69) is 37.2 Å². The summed E-state index contributed by atoms with van der Waals surface area (Å²) in [7, 11) is 0. The quantitative estimate of drug-likeness (QED) is 0.801. The van der Waals surface area contributed by atoms with Gasteiger partial charge in [0.05, 0.1) is 11.3 Å². The molecule has 3 nitrogen and oxygen atoms in total. The highest BCUT2D eigenvalue weighted by Gasteiger charge is 2.13. The fraction of sp³-hybridized carbons (Fsp3) is 0.0714. The van der Waals surface area contributed by atoms with Gasteiger partial charge in [-0.05, 0) is 52.7 Å². The van der Waals surface area contributed by atoms with Crippen LogP contribution >= 0.6 is 31.9 Å². The Hall–Kier alpha value is -1.33. The summed E-state index contributed by atoms with van der Waals surface area (Å²) in [5.41, 5.74) is 1.58. The van der Waals surface area contributed by atoms with Crippen molar-refractivity contribution >= 4 is 43.5 Å². The minimum absolute atomic E-state index is 0.00762. The van der Waals surface area contributed by atoms with Crippen LogP contribution in [-0.2, 0) is 0 Å². The molecule has 0 fully saturated rings. The summed E-state index contributed by atoms with van der Waals surface area (Å²) in [6.45, 7) is 1.75. The Labute approximate surface area is 127 Å². The van der Waals surface area contributed by atoms with E-state index in [1.807, 2.05) is 12.1 Å². The lowest BCUT2D eigenvalue weighted by molar-refractivity contribution is 0.102. The van der Waals surface area contributed by atoms with Gasteiger partial charge in [0.15, 0.2) is 0 Å². The number of aryl methyl sites for hydroxylation is 1. The van der Waals surface area contributed by atoms with E-state index < -0.39 is 0 Å². The number of halogens is 2. The van der Waals surface area contributed by atoms with Crippen LogP contribution in [0.4, 0.5) is 5.69 Å². The zero-order chi connectivity index (χ0) is 14.0. The van der Waals surface area contributed by atoms with Gasteiger partial charge < -0.3 is 10.4 Å². The van der Waals surface area contributed by atoms with Gasteiger partial charge in [0.25, 0.3) is 5.91 Å².